The van der Waals surface area contributed by atoms with Crippen LogP contribution in [0.3, 0.4) is 0 Å². The molecule has 1 aromatic rings. The molecule has 8 heteroatoms. The van der Waals surface area contributed by atoms with Gasteiger partial charge in [0.1, 0.15) is 6.04 Å². The second kappa shape index (κ2) is 9.12. The van der Waals surface area contributed by atoms with E-state index in [4.69, 9.17) is 17.0 Å². The van der Waals surface area contributed by atoms with Crippen LogP contribution in [0.15, 0.2) is 30.3 Å². The fourth-order valence-corrected chi connectivity index (χ4v) is 2.89. The Bertz CT molecular complexity index is 651. The molecule has 1 heterocycles. The van der Waals surface area contributed by atoms with Crippen molar-refractivity contribution in [3.05, 3.63) is 35.9 Å². The molecule has 0 saturated carbocycles. The summed E-state index contributed by atoms with van der Waals surface area (Å²) in [6.45, 7) is 2.75. The maximum absolute atomic E-state index is 12.2. The molecule has 0 aromatic heterocycles. The zero-order valence-corrected chi connectivity index (χ0v) is 14.8. The summed E-state index contributed by atoms with van der Waals surface area (Å²) in [4.78, 5) is 37.5. The first-order valence-corrected chi connectivity index (χ1v) is 8.49. The van der Waals surface area contributed by atoms with Gasteiger partial charge in [-0.05, 0) is 24.7 Å². The molecule has 1 unspecified atom stereocenters. The van der Waals surface area contributed by atoms with Gasteiger partial charge in [-0.2, -0.15) is 0 Å². The topological polar surface area (TPSA) is 87.7 Å². The number of hydrogen-bond acceptors (Lipinski definition) is 5. The third-order valence-electron chi connectivity index (χ3n) is 3.71. The predicted octanol–water partition coefficient (Wildman–Crippen LogP) is 0.384. The number of carbonyl (C=O) groups excluding carboxylic acids is 3. The minimum absolute atomic E-state index is 0.117. The Morgan fingerprint density at radius 3 is 2.76 bits per heavy atom. The minimum atomic E-state index is -0.780. The van der Waals surface area contributed by atoms with E-state index in [0.29, 0.717) is 13.1 Å². The van der Waals surface area contributed by atoms with Crippen LogP contribution >= 0.6 is 12.2 Å². The summed E-state index contributed by atoms with van der Waals surface area (Å²) in [5.74, 6) is -1.05. The van der Waals surface area contributed by atoms with E-state index in [1.54, 1.807) is 11.8 Å². The summed E-state index contributed by atoms with van der Waals surface area (Å²) in [6.07, 6.45) is 0.0674. The number of amides is 2. The Hall–Kier alpha value is -2.48. The molecule has 0 aliphatic carbocycles. The third kappa shape index (κ3) is 5.53. The minimum Gasteiger partial charge on any atom is -0.466 e. The van der Waals surface area contributed by atoms with Gasteiger partial charge in [0.25, 0.3) is 0 Å². The first kappa shape index (κ1) is 18.9. The summed E-state index contributed by atoms with van der Waals surface area (Å²) in [5.41, 5.74) is 0.863. The van der Waals surface area contributed by atoms with Crippen molar-refractivity contribution in [2.75, 3.05) is 19.7 Å². The van der Waals surface area contributed by atoms with Crippen molar-refractivity contribution in [2.24, 2.45) is 0 Å². The first-order valence-electron chi connectivity index (χ1n) is 8.09. The molecule has 0 spiro atoms. The predicted molar refractivity (Wildman–Crippen MR) is 95.6 cm³/mol. The van der Waals surface area contributed by atoms with Crippen LogP contribution in [0.1, 0.15) is 18.9 Å². The van der Waals surface area contributed by atoms with E-state index in [9.17, 15) is 14.4 Å². The van der Waals surface area contributed by atoms with Crippen molar-refractivity contribution in [2.45, 2.75) is 25.8 Å². The molecule has 7 nitrogen and oxygen atoms in total. The number of rotatable bonds is 5. The lowest BCUT2D eigenvalue weighted by Crippen LogP contribution is -2.60. The van der Waals surface area contributed by atoms with E-state index in [2.05, 4.69) is 10.6 Å². The number of nitrogens with one attached hydrogen (secondary N) is 2. The standard InChI is InChI=1S/C17H21N3O4S/c1-2-24-15(22)11-13-16(23)18-8-9-20(13)17(25)19-14(21)10-12-6-4-3-5-7-12/h3-7,13H,2,8-11H2,1H3,(H,18,23)(H,19,21,25). The van der Waals surface area contributed by atoms with Gasteiger partial charge < -0.3 is 20.3 Å². The zero-order valence-electron chi connectivity index (χ0n) is 14.0. The smallest absolute Gasteiger partial charge is 0.308 e. The maximum Gasteiger partial charge on any atom is 0.308 e. The quantitative estimate of drug-likeness (QED) is 0.581. The molecular weight excluding hydrogens is 342 g/mol. The van der Waals surface area contributed by atoms with Gasteiger partial charge in [-0.1, -0.05) is 30.3 Å². The van der Waals surface area contributed by atoms with Crippen molar-refractivity contribution in [3.8, 4) is 0 Å². The molecular formula is C17H21N3O4S. The van der Waals surface area contributed by atoms with Gasteiger partial charge in [-0.3, -0.25) is 14.4 Å². The highest BCUT2D eigenvalue weighted by Crippen LogP contribution is 2.11. The number of carbonyl (C=O) groups is 3. The number of ether oxygens (including phenoxy) is 1. The van der Waals surface area contributed by atoms with E-state index in [-0.39, 0.29) is 36.4 Å². The van der Waals surface area contributed by atoms with E-state index in [1.807, 2.05) is 30.3 Å². The molecule has 25 heavy (non-hydrogen) atoms. The molecule has 1 atom stereocenters. The Morgan fingerprint density at radius 2 is 2.08 bits per heavy atom. The highest BCUT2D eigenvalue weighted by atomic mass is 32.1. The molecule has 2 amide bonds. The number of thiocarbonyl (C=S) groups is 1. The summed E-state index contributed by atoms with van der Waals surface area (Å²) < 4.78 is 4.90. The molecule has 1 aliphatic rings. The van der Waals surface area contributed by atoms with Gasteiger partial charge in [-0.25, -0.2) is 0 Å². The Morgan fingerprint density at radius 1 is 1.36 bits per heavy atom. The van der Waals surface area contributed by atoms with Crippen LogP contribution in [0.2, 0.25) is 0 Å². The lowest BCUT2D eigenvalue weighted by Gasteiger charge is -2.36. The lowest BCUT2D eigenvalue weighted by atomic mass is 10.1. The molecule has 0 bridgehead atoms. The summed E-state index contributed by atoms with van der Waals surface area (Å²) in [7, 11) is 0. The average molecular weight is 363 g/mol. The maximum atomic E-state index is 12.2. The van der Waals surface area contributed by atoms with Crippen molar-refractivity contribution in [1.82, 2.24) is 15.5 Å². The van der Waals surface area contributed by atoms with Crippen LogP contribution in [0.4, 0.5) is 0 Å². The highest BCUT2D eigenvalue weighted by Gasteiger charge is 2.34. The monoisotopic (exact) mass is 363 g/mol. The van der Waals surface area contributed by atoms with Crippen molar-refractivity contribution in [3.63, 3.8) is 0 Å². The number of nitrogens with zero attached hydrogens (tertiary/aromatic N) is 1. The van der Waals surface area contributed by atoms with Crippen molar-refractivity contribution >= 4 is 35.1 Å². The molecule has 2 N–H and O–H groups in total. The van der Waals surface area contributed by atoms with E-state index in [0.717, 1.165) is 5.56 Å². The fourth-order valence-electron chi connectivity index (χ4n) is 2.56. The zero-order chi connectivity index (χ0) is 18.2. The Labute approximate surface area is 151 Å². The molecule has 1 saturated heterocycles. The highest BCUT2D eigenvalue weighted by molar-refractivity contribution is 7.80. The van der Waals surface area contributed by atoms with E-state index < -0.39 is 12.0 Å². The molecule has 1 aromatic carbocycles. The molecule has 1 aliphatic heterocycles. The number of piperazine rings is 1. The van der Waals surface area contributed by atoms with Crippen LogP contribution in [-0.2, 0) is 25.5 Å². The lowest BCUT2D eigenvalue weighted by molar-refractivity contribution is -0.147. The summed E-state index contributed by atoms with van der Waals surface area (Å²) in [5, 5.41) is 5.48. The summed E-state index contributed by atoms with van der Waals surface area (Å²) >= 11 is 5.28. The van der Waals surface area contributed by atoms with Crippen LogP contribution in [-0.4, -0.2) is 53.5 Å². The van der Waals surface area contributed by atoms with E-state index >= 15 is 0 Å². The Kier molecular flexibility index (Phi) is 6.88. The molecule has 2 rings (SSSR count). The van der Waals surface area contributed by atoms with Crippen LogP contribution in [0.25, 0.3) is 0 Å². The average Bonchev–Trinajstić information content (AvgIpc) is 2.57. The third-order valence-corrected chi connectivity index (χ3v) is 4.05. The van der Waals surface area contributed by atoms with Crippen LogP contribution in [0, 0.1) is 0 Å². The van der Waals surface area contributed by atoms with Crippen LogP contribution < -0.4 is 10.6 Å². The number of benzene rings is 1. The normalized spacial score (nSPS) is 16.8. The van der Waals surface area contributed by atoms with E-state index in [1.165, 1.54) is 0 Å². The molecule has 134 valence electrons. The number of hydrogen-bond donors (Lipinski definition) is 2. The second-order valence-electron chi connectivity index (χ2n) is 5.53. The molecule has 0 radical (unpaired) electrons. The molecule has 1 fully saturated rings. The van der Waals surface area contributed by atoms with Gasteiger partial charge in [0.15, 0.2) is 5.11 Å². The second-order valence-corrected chi connectivity index (χ2v) is 5.91. The van der Waals surface area contributed by atoms with Gasteiger partial charge in [0.05, 0.1) is 19.4 Å². The van der Waals surface area contributed by atoms with Crippen molar-refractivity contribution < 1.29 is 19.1 Å². The van der Waals surface area contributed by atoms with Crippen molar-refractivity contribution in [1.29, 1.82) is 0 Å². The van der Waals surface area contributed by atoms with Gasteiger partial charge in [0, 0.05) is 13.1 Å². The van der Waals surface area contributed by atoms with Gasteiger partial charge in [-0.15, -0.1) is 0 Å². The fraction of sp³-hybridized carbons (Fsp3) is 0.412. The largest absolute Gasteiger partial charge is 0.466 e. The Balaban J connectivity index is 1.98. The first-order chi connectivity index (χ1) is 12.0. The number of esters is 1. The van der Waals surface area contributed by atoms with Gasteiger partial charge >= 0.3 is 5.97 Å². The van der Waals surface area contributed by atoms with Gasteiger partial charge in [0.2, 0.25) is 11.8 Å². The SMILES string of the molecule is CCOC(=O)CC1C(=O)NCCN1C(=S)NC(=O)Cc1ccccc1. The van der Waals surface area contributed by atoms with Crippen LogP contribution in [0.5, 0.6) is 0 Å². The summed E-state index contributed by atoms with van der Waals surface area (Å²) in [6, 6.07) is 8.49.